The summed E-state index contributed by atoms with van der Waals surface area (Å²) in [5.74, 6) is -1.57. The average molecular weight is 256 g/mol. The Bertz CT molecular complexity index is 511. The van der Waals surface area contributed by atoms with Gasteiger partial charge >= 0.3 is 17.7 Å². The molecule has 0 unspecified atom stereocenters. The van der Waals surface area contributed by atoms with Crippen molar-refractivity contribution in [3.63, 3.8) is 0 Å². The molecule has 0 aliphatic heterocycles. The first-order valence-electron chi connectivity index (χ1n) is 4.96. The van der Waals surface area contributed by atoms with Crippen LogP contribution in [0.3, 0.4) is 0 Å². The fourth-order valence-corrected chi connectivity index (χ4v) is 1.25. The normalized spacial score (nSPS) is 11.1. The van der Waals surface area contributed by atoms with Gasteiger partial charge in [0, 0.05) is 12.3 Å². The second-order valence-electron chi connectivity index (χ2n) is 4.46. The number of hydrogen-bond acceptors (Lipinski definition) is 5. The number of carbonyl (C=O) groups is 2. The number of rotatable bonds is 2. The van der Waals surface area contributed by atoms with Gasteiger partial charge in [0.15, 0.2) is 0 Å². The molecule has 0 amide bonds. The van der Waals surface area contributed by atoms with Crippen LogP contribution in [0, 0.1) is 10.1 Å². The molecular weight excluding hydrogens is 244 g/mol. The topological polar surface area (TPSA) is 112 Å². The highest BCUT2D eigenvalue weighted by Gasteiger charge is 2.30. The summed E-state index contributed by atoms with van der Waals surface area (Å²) in [6.45, 7) is 4.80. The Labute approximate surface area is 102 Å². The zero-order valence-electron chi connectivity index (χ0n) is 10.0. The predicted octanol–water partition coefficient (Wildman–Crippen LogP) is 1.88. The summed E-state index contributed by atoms with van der Waals surface area (Å²) in [4.78, 5) is 32.4. The maximum absolute atomic E-state index is 11.7. The van der Waals surface area contributed by atoms with Gasteiger partial charge in [-0.1, -0.05) is 0 Å². The lowest BCUT2D eigenvalue weighted by Crippen LogP contribution is -2.28. The van der Waals surface area contributed by atoms with E-state index in [4.69, 9.17) is 9.84 Å². The van der Waals surface area contributed by atoms with Crippen LogP contribution in [-0.2, 0) is 4.74 Å². The molecule has 1 aromatic rings. The quantitative estimate of drug-likeness (QED) is 0.638. The molecule has 1 rings (SSSR count). The first-order chi connectivity index (χ1) is 8.13. The minimum absolute atomic E-state index is 0.603. The van der Waals surface area contributed by atoms with Gasteiger partial charge in [0.05, 0.1) is 4.92 Å². The monoisotopic (exact) mass is 256 g/mol. The molecule has 1 heterocycles. The van der Waals surface area contributed by atoms with Gasteiger partial charge in [-0.3, -0.25) is 10.1 Å². The molecule has 0 radical (unpaired) electrons. The Morgan fingerprint density at radius 3 is 2.39 bits per heavy atom. The van der Waals surface area contributed by atoms with Crippen LogP contribution in [-0.4, -0.2) is 32.3 Å². The molecule has 0 bridgehead atoms. The third-order valence-electron chi connectivity index (χ3n) is 1.85. The Balaban J connectivity index is 3.22. The molecule has 8 heteroatoms. The Kier molecular flexibility index (Phi) is 3.40. The summed E-state index contributed by atoms with van der Waals surface area (Å²) in [6.07, 6.45) is 0.0170. The van der Waals surface area contributed by atoms with E-state index in [1.54, 1.807) is 20.8 Å². The lowest BCUT2D eigenvalue weighted by Gasteiger charge is -2.19. The van der Waals surface area contributed by atoms with Crippen LogP contribution < -0.4 is 0 Å². The van der Waals surface area contributed by atoms with Gasteiger partial charge in [0.25, 0.3) is 0 Å². The Morgan fingerprint density at radius 2 is 2.00 bits per heavy atom. The van der Waals surface area contributed by atoms with E-state index in [0.717, 1.165) is 12.3 Å². The predicted molar refractivity (Wildman–Crippen MR) is 59.7 cm³/mol. The Morgan fingerprint density at radius 1 is 1.44 bits per heavy atom. The second-order valence-corrected chi connectivity index (χ2v) is 4.46. The highest BCUT2D eigenvalue weighted by molar-refractivity contribution is 5.94. The van der Waals surface area contributed by atoms with Crippen LogP contribution in [0.15, 0.2) is 12.3 Å². The fraction of sp³-hybridized carbons (Fsp3) is 0.400. The van der Waals surface area contributed by atoms with Crippen molar-refractivity contribution in [2.45, 2.75) is 26.4 Å². The van der Waals surface area contributed by atoms with Crippen molar-refractivity contribution in [3.05, 3.63) is 28.1 Å². The third-order valence-corrected chi connectivity index (χ3v) is 1.85. The van der Waals surface area contributed by atoms with Crippen molar-refractivity contribution in [2.24, 2.45) is 0 Å². The number of aromatic nitrogens is 1. The minimum Gasteiger partial charge on any atom is -0.476 e. The number of nitrogens with zero attached hydrogens (tertiary/aromatic N) is 2. The molecule has 1 aromatic heterocycles. The van der Waals surface area contributed by atoms with Crippen molar-refractivity contribution < 1.29 is 24.4 Å². The van der Waals surface area contributed by atoms with Crippen LogP contribution in [0.4, 0.5) is 10.5 Å². The number of carboxylic acids is 1. The molecule has 0 aromatic carbocycles. The van der Waals surface area contributed by atoms with Gasteiger partial charge < -0.3 is 9.84 Å². The molecule has 98 valence electrons. The fourth-order valence-electron chi connectivity index (χ4n) is 1.25. The van der Waals surface area contributed by atoms with Gasteiger partial charge in [0.2, 0.25) is 5.69 Å². The summed E-state index contributed by atoms with van der Waals surface area (Å²) in [6, 6.07) is 0.938. The van der Waals surface area contributed by atoms with Crippen molar-refractivity contribution in [2.75, 3.05) is 0 Å². The van der Waals surface area contributed by atoms with E-state index in [1.807, 2.05) is 0 Å². The number of carboxylic acid groups (broad SMARTS) is 1. The molecule has 0 spiro atoms. The van der Waals surface area contributed by atoms with Gasteiger partial charge in [0.1, 0.15) is 5.60 Å². The summed E-state index contributed by atoms with van der Waals surface area (Å²) in [5.41, 5.74) is -2.21. The van der Waals surface area contributed by atoms with Crippen molar-refractivity contribution in [3.8, 4) is 0 Å². The van der Waals surface area contributed by atoms with Crippen LogP contribution in [0.5, 0.6) is 0 Å². The molecule has 0 atom stereocenters. The van der Waals surface area contributed by atoms with Gasteiger partial charge in [-0.2, -0.15) is 0 Å². The summed E-state index contributed by atoms with van der Waals surface area (Å²) < 4.78 is 5.55. The van der Waals surface area contributed by atoms with Crippen molar-refractivity contribution in [1.82, 2.24) is 4.57 Å². The molecule has 0 aliphatic carbocycles. The maximum Gasteiger partial charge on any atom is 0.419 e. The Hall–Kier alpha value is -2.38. The standard InChI is InChI=1S/C10H12N2O6/c1-10(2,3)18-9(15)11-5-4-6(12(16)17)7(11)8(13)14/h4-5H,1-3H3,(H,13,14). The van der Waals surface area contributed by atoms with Crippen molar-refractivity contribution in [1.29, 1.82) is 0 Å². The van der Waals surface area contributed by atoms with E-state index in [2.05, 4.69) is 0 Å². The minimum atomic E-state index is -1.57. The third kappa shape index (κ3) is 2.84. The summed E-state index contributed by atoms with van der Waals surface area (Å²) >= 11 is 0. The highest BCUT2D eigenvalue weighted by Crippen LogP contribution is 2.21. The zero-order valence-corrected chi connectivity index (χ0v) is 10.0. The second kappa shape index (κ2) is 4.47. The van der Waals surface area contributed by atoms with Gasteiger partial charge in [-0.15, -0.1) is 0 Å². The van der Waals surface area contributed by atoms with Crippen LogP contribution in [0.1, 0.15) is 31.3 Å². The van der Waals surface area contributed by atoms with E-state index < -0.39 is 34.0 Å². The first kappa shape index (κ1) is 13.7. The van der Waals surface area contributed by atoms with E-state index in [-0.39, 0.29) is 0 Å². The number of aromatic carboxylic acids is 1. The maximum atomic E-state index is 11.7. The van der Waals surface area contributed by atoms with Crippen LogP contribution >= 0.6 is 0 Å². The van der Waals surface area contributed by atoms with Crippen molar-refractivity contribution >= 4 is 17.7 Å². The molecule has 18 heavy (non-hydrogen) atoms. The molecular formula is C10H12N2O6. The van der Waals surface area contributed by atoms with Crippen LogP contribution in [0.2, 0.25) is 0 Å². The molecule has 0 saturated carbocycles. The largest absolute Gasteiger partial charge is 0.476 e. The van der Waals surface area contributed by atoms with E-state index >= 15 is 0 Å². The lowest BCUT2D eigenvalue weighted by molar-refractivity contribution is -0.385. The van der Waals surface area contributed by atoms with E-state index in [1.165, 1.54) is 0 Å². The average Bonchev–Trinajstić information content (AvgIpc) is 2.58. The zero-order chi connectivity index (χ0) is 14.1. The number of ether oxygens (including phenoxy) is 1. The molecule has 0 fully saturated rings. The van der Waals surface area contributed by atoms with Crippen LogP contribution in [0.25, 0.3) is 0 Å². The lowest BCUT2D eigenvalue weighted by atomic mass is 10.2. The number of carbonyl (C=O) groups excluding carboxylic acids is 1. The highest BCUT2D eigenvalue weighted by atomic mass is 16.6. The first-order valence-corrected chi connectivity index (χ1v) is 4.96. The SMILES string of the molecule is CC(C)(C)OC(=O)n1ccc([N+](=O)[O-])c1C(=O)O. The molecule has 8 nitrogen and oxygen atoms in total. The van der Waals surface area contributed by atoms with Gasteiger partial charge in [-0.25, -0.2) is 14.2 Å². The number of hydrogen-bond donors (Lipinski definition) is 1. The van der Waals surface area contributed by atoms with E-state index in [9.17, 15) is 19.7 Å². The summed E-state index contributed by atoms with van der Waals surface area (Å²) in [5, 5.41) is 19.5. The number of nitro groups is 1. The molecule has 1 N–H and O–H groups in total. The summed E-state index contributed by atoms with van der Waals surface area (Å²) in [7, 11) is 0. The smallest absolute Gasteiger partial charge is 0.419 e. The molecule has 0 aliphatic rings. The van der Waals surface area contributed by atoms with Gasteiger partial charge in [-0.05, 0) is 20.8 Å². The van der Waals surface area contributed by atoms with E-state index in [0.29, 0.717) is 4.57 Å². The molecule has 0 saturated heterocycles.